The van der Waals surface area contributed by atoms with E-state index in [-0.39, 0.29) is 6.10 Å². The van der Waals surface area contributed by atoms with E-state index in [9.17, 15) is 5.11 Å². The van der Waals surface area contributed by atoms with E-state index < -0.39 is 0 Å². The summed E-state index contributed by atoms with van der Waals surface area (Å²) in [6, 6.07) is 0. The molecular weight excluding hydrogens is 208 g/mol. The zero-order valence-electron chi connectivity index (χ0n) is 10.6. The van der Waals surface area contributed by atoms with Crippen LogP contribution in [0.4, 0.5) is 0 Å². The second kappa shape index (κ2) is 12.9. The minimum atomic E-state index is -0.172. The molecule has 0 aliphatic carbocycles. The number of aliphatic hydroxyl groups is 1. The van der Waals surface area contributed by atoms with Crippen LogP contribution in [0.5, 0.6) is 0 Å². The van der Waals surface area contributed by atoms with Gasteiger partial charge in [-0.2, -0.15) is 0 Å². The molecule has 0 fully saturated rings. The third-order valence-corrected chi connectivity index (χ3v) is 2.31. The third kappa shape index (κ3) is 11.9. The van der Waals surface area contributed by atoms with Crippen LogP contribution in [0.3, 0.4) is 0 Å². The summed E-state index contributed by atoms with van der Waals surface area (Å²) in [5.41, 5.74) is 0. The van der Waals surface area contributed by atoms with Crippen molar-refractivity contribution in [3.8, 4) is 0 Å². The van der Waals surface area contributed by atoms with Crippen LogP contribution in [0.25, 0.3) is 0 Å². The monoisotopic (exact) mass is 234 g/mol. The van der Waals surface area contributed by atoms with E-state index in [1.54, 1.807) is 7.11 Å². The van der Waals surface area contributed by atoms with Crippen molar-refractivity contribution < 1.29 is 19.3 Å². The Morgan fingerprint density at radius 2 is 1.56 bits per heavy atom. The highest BCUT2D eigenvalue weighted by Crippen LogP contribution is 2.00. The van der Waals surface area contributed by atoms with Gasteiger partial charge in [-0.3, -0.25) is 0 Å². The number of hydrogen-bond acceptors (Lipinski definition) is 4. The SMILES string of the molecule is CCC(O)CCCOCCOCCCOC. The van der Waals surface area contributed by atoms with Crippen LogP contribution >= 0.6 is 0 Å². The maximum atomic E-state index is 9.29. The van der Waals surface area contributed by atoms with E-state index in [1.807, 2.05) is 6.92 Å². The van der Waals surface area contributed by atoms with Crippen LogP contribution in [-0.2, 0) is 14.2 Å². The van der Waals surface area contributed by atoms with Crippen LogP contribution in [-0.4, -0.2) is 51.4 Å². The van der Waals surface area contributed by atoms with Crippen LogP contribution in [0.1, 0.15) is 32.6 Å². The van der Waals surface area contributed by atoms with Gasteiger partial charge in [-0.05, 0) is 25.7 Å². The Balaban J connectivity index is 2.93. The fourth-order valence-electron chi connectivity index (χ4n) is 1.25. The Morgan fingerprint density at radius 1 is 0.938 bits per heavy atom. The second-order valence-corrected chi connectivity index (χ2v) is 3.78. The van der Waals surface area contributed by atoms with Crippen molar-refractivity contribution in [2.75, 3.05) is 40.1 Å². The Hall–Kier alpha value is -0.160. The van der Waals surface area contributed by atoms with Gasteiger partial charge >= 0.3 is 0 Å². The largest absolute Gasteiger partial charge is 0.393 e. The second-order valence-electron chi connectivity index (χ2n) is 3.78. The molecule has 1 atom stereocenters. The molecule has 0 aromatic rings. The topological polar surface area (TPSA) is 47.9 Å². The molecule has 0 aromatic carbocycles. The highest BCUT2D eigenvalue weighted by molar-refractivity contribution is 4.51. The summed E-state index contributed by atoms with van der Waals surface area (Å²) >= 11 is 0. The van der Waals surface area contributed by atoms with Crippen LogP contribution in [0.2, 0.25) is 0 Å². The summed E-state index contributed by atoms with van der Waals surface area (Å²) in [4.78, 5) is 0. The van der Waals surface area contributed by atoms with Gasteiger partial charge < -0.3 is 19.3 Å². The molecule has 0 radical (unpaired) electrons. The van der Waals surface area contributed by atoms with Crippen LogP contribution in [0.15, 0.2) is 0 Å². The number of rotatable bonds is 12. The molecule has 0 saturated heterocycles. The summed E-state index contributed by atoms with van der Waals surface area (Å²) in [7, 11) is 1.69. The van der Waals surface area contributed by atoms with Crippen molar-refractivity contribution in [1.29, 1.82) is 0 Å². The average Bonchev–Trinajstić information content (AvgIpc) is 2.31. The van der Waals surface area contributed by atoms with Gasteiger partial charge in [0, 0.05) is 26.9 Å². The summed E-state index contributed by atoms with van der Waals surface area (Å²) < 4.78 is 15.6. The highest BCUT2D eigenvalue weighted by atomic mass is 16.5. The first-order valence-corrected chi connectivity index (χ1v) is 6.13. The zero-order chi connectivity index (χ0) is 12.1. The van der Waals surface area contributed by atoms with Gasteiger partial charge in [0.2, 0.25) is 0 Å². The van der Waals surface area contributed by atoms with E-state index in [4.69, 9.17) is 14.2 Å². The quantitative estimate of drug-likeness (QED) is 0.521. The first-order chi connectivity index (χ1) is 7.81. The van der Waals surface area contributed by atoms with Gasteiger partial charge in [0.05, 0.1) is 19.3 Å². The molecule has 4 heteroatoms. The summed E-state index contributed by atoms with van der Waals surface area (Å²) in [6.45, 7) is 5.44. The molecular formula is C12H26O4. The Bertz CT molecular complexity index is 130. The maximum absolute atomic E-state index is 9.29. The van der Waals surface area contributed by atoms with E-state index in [0.717, 1.165) is 38.9 Å². The minimum Gasteiger partial charge on any atom is -0.393 e. The number of aliphatic hydroxyl groups excluding tert-OH is 1. The smallest absolute Gasteiger partial charge is 0.0700 e. The molecule has 1 unspecified atom stereocenters. The molecule has 0 heterocycles. The van der Waals surface area contributed by atoms with Gasteiger partial charge in [-0.15, -0.1) is 0 Å². The van der Waals surface area contributed by atoms with E-state index in [1.165, 1.54) is 0 Å². The fourth-order valence-corrected chi connectivity index (χ4v) is 1.25. The molecule has 0 saturated carbocycles. The van der Waals surface area contributed by atoms with Crippen molar-refractivity contribution in [2.24, 2.45) is 0 Å². The first kappa shape index (κ1) is 15.8. The van der Waals surface area contributed by atoms with Crippen LogP contribution in [0, 0.1) is 0 Å². The van der Waals surface area contributed by atoms with Crippen molar-refractivity contribution in [1.82, 2.24) is 0 Å². The predicted octanol–water partition coefficient (Wildman–Crippen LogP) is 1.61. The fraction of sp³-hybridized carbons (Fsp3) is 1.00. The lowest BCUT2D eigenvalue weighted by Gasteiger charge is -2.08. The number of hydrogen-bond donors (Lipinski definition) is 1. The number of ether oxygens (including phenoxy) is 3. The van der Waals surface area contributed by atoms with Gasteiger partial charge in [-0.1, -0.05) is 6.92 Å². The van der Waals surface area contributed by atoms with Crippen molar-refractivity contribution in [3.05, 3.63) is 0 Å². The van der Waals surface area contributed by atoms with Crippen LogP contribution < -0.4 is 0 Å². The van der Waals surface area contributed by atoms with Crippen molar-refractivity contribution in [3.63, 3.8) is 0 Å². The predicted molar refractivity (Wildman–Crippen MR) is 63.7 cm³/mol. The Kier molecular flexibility index (Phi) is 12.8. The lowest BCUT2D eigenvalue weighted by atomic mass is 10.2. The molecule has 16 heavy (non-hydrogen) atoms. The minimum absolute atomic E-state index is 0.172. The maximum Gasteiger partial charge on any atom is 0.0700 e. The van der Waals surface area contributed by atoms with Gasteiger partial charge in [0.15, 0.2) is 0 Å². The average molecular weight is 234 g/mol. The molecule has 4 nitrogen and oxygen atoms in total. The molecule has 0 bridgehead atoms. The number of methoxy groups -OCH3 is 1. The van der Waals surface area contributed by atoms with E-state index in [0.29, 0.717) is 19.8 Å². The van der Waals surface area contributed by atoms with E-state index in [2.05, 4.69) is 0 Å². The van der Waals surface area contributed by atoms with E-state index >= 15 is 0 Å². The van der Waals surface area contributed by atoms with Gasteiger partial charge in [0.1, 0.15) is 0 Å². The lowest BCUT2D eigenvalue weighted by molar-refractivity contribution is 0.0353. The normalized spacial score (nSPS) is 12.9. The first-order valence-electron chi connectivity index (χ1n) is 6.13. The van der Waals surface area contributed by atoms with Crippen molar-refractivity contribution >= 4 is 0 Å². The summed E-state index contributed by atoms with van der Waals surface area (Å²) in [5.74, 6) is 0. The molecule has 0 spiro atoms. The zero-order valence-corrected chi connectivity index (χ0v) is 10.6. The summed E-state index contributed by atoms with van der Waals surface area (Å²) in [5, 5.41) is 9.29. The molecule has 0 rings (SSSR count). The highest BCUT2D eigenvalue weighted by Gasteiger charge is 1.99. The Labute approximate surface area is 98.9 Å². The Morgan fingerprint density at radius 3 is 2.12 bits per heavy atom. The molecule has 0 aromatic heterocycles. The summed E-state index contributed by atoms with van der Waals surface area (Å²) in [6.07, 6.45) is 3.32. The van der Waals surface area contributed by atoms with Gasteiger partial charge in [-0.25, -0.2) is 0 Å². The van der Waals surface area contributed by atoms with Gasteiger partial charge in [0.25, 0.3) is 0 Å². The standard InChI is InChI=1S/C12H26O4/c1-3-12(13)6-4-8-15-10-11-16-9-5-7-14-2/h12-13H,3-11H2,1-2H3. The molecule has 0 amide bonds. The molecule has 0 aliphatic rings. The molecule has 1 N–H and O–H groups in total. The van der Waals surface area contributed by atoms with Crippen molar-refractivity contribution in [2.45, 2.75) is 38.7 Å². The molecule has 98 valence electrons. The third-order valence-electron chi connectivity index (χ3n) is 2.31. The molecule has 0 aliphatic heterocycles. The lowest BCUT2D eigenvalue weighted by Crippen LogP contribution is -2.09.